The lowest BCUT2D eigenvalue weighted by molar-refractivity contribution is 0.156. The van der Waals surface area contributed by atoms with E-state index in [0.717, 1.165) is 22.3 Å². The summed E-state index contributed by atoms with van der Waals surface area (Å²) in [7, 11) is 1.69. The van der Waals surface area contributed by atoms with E-state index in [0.29, 0.717) is 0 Å². The highest BCUT2D eigenvalue weighted by Gasteiger charge is 2.16. The first-order valence-electron chi connectivity index (χ1n) is 5.97. The molecule has 0 amide bonds. The Labute approximate surface area is 115 Å². The zero-order valence-corrected chi connectivity index (χ0v) is 12.5. The van der Waals surface area contributed by atoms with E-state index in [1.807, 2.05) is 32.0 Å². The van der Waals surface area contributed by atoms with Crippen LogP contribution in [0.25, 0.3) is 0 Å². The van der Waals surface area contributed by atoms with Crippen molar-refractivity contribution in [3.8, 4) is 0 Å². The minimum Gasteiger partial charge on any atom is -0.369 e. The van der Waals surface area contributed by atoms with E-state index in [9.17, 15) is 8.78 Å². The molecule has 0 radical (unpaired) electrons. The molecule has 0 aliphatic heterocycles. The maximum atomic E-state index is 12.5. The van der Waals surface area contributed by atoms with Gasteiger partial charge in [0.2, 0.25) is 0 Å². The molecule has 0 bridgehead atoms. The third-order valence-corrected chi connectivity index (χ3v) is 3.28. The summed E-state index contributed by atoms with van der Waals surface area (Å²) in [5.41, 5.74) is 1.86. The van der Waals surface area contributed by atoms with E-state index in [2.05, 4.69) is 21.2 Å². The van der Waals surface area contributed by atoms with Gasteiger partial charge in [-0.3, -0.25) is 0 Å². The molecule has 5 heteroatoms. The van der Waals surface area contributed by atoms with Gasteiger partial charge in [-0.25, -0.2) is 8.78 Å². The predicted molar refractivity (Wildman–Crippen MR) is 75.5 cm³/mol. The Morgan fingerprint density at radius 1 is 1.39 bits per heavy atom. The number of alkyl halides is 2. The molecule has 0 saturated heterocycles. The molecule has 0 aliphatic carbocycles. The molecular weight excluding hydrogens is 302 g/mol. The molecule has 1 atom stereocenters. The van der Waals surface area contributed by atoms with Crippen LogP contribution < -0.4 is 10.2 Å². The average molecular weight is 321 g/mol. The van der Waals surface area contributed by atoms with E-state index >= 15 is 0 Å². The third-order valence-electron chi connectivity index (χ3n) is 2.79. The predicted octanol–water partition coefficient (Wildman–Crippen LogP) is 3.82. The van der Waals surface area contributed by atoms with Crippen molar-refractivity contribution in [2.45, 2.75) is 26.3 Å². The van der Waals surface area contributed by atoms with E-state index in [-0.39, 0.29) is 12.6 Å². The SMILES string of the molecule is CCNC(C)c1cc(Br)ccc1N(C)CC(F)F. The summed E-state index contributed by atoms with van der Waals surface area (Å²) < 4.78 is 25.9. The highest BCUT2D eigenvalue weighted by Crippen LogP contribution is 2.29. The Kier molecular flexibility index (Phi) is 6.02. The molecule has 18 heavy (non-hydrogen) atoms. The van der Waals surface area contributed by atoms with Crippen LogP contribution in [0.4, 0.5) is 14.5 Å². The number of nitrogens with zero attached hydrogens (tertiary/aromatic N) is 1. The standard InChI is InChI=1S/C13H19BrF2N2/c1-4-17-9(2)11-7-10(14)5-6-12(11)18(3)8-13(15)16/h5-7,9,13,17H,4,8H2,1-3H3. The van der Waals surface area contributed by atoms with Gasteiger partial charge in [-0.1, -0.05) is 22.9 Å². The molecule has 0 aromatic heterocycles. The zero-order valence-electron chi connectivity index (χ0n) is 10.9. The smallest absolute Gasteiger partial charge is 0.255 e. The zero-order chi connectivity index (χ0) is 13.7. The van der Waals surface area contributed by atoms with E-state index in [4.69, 9.17) is 0 Å². The number of rotatable bonds is 6. The van der Waals surface area contributed by atoms with Gasteiger partial charge in [0.05, 0.1) is 6.54 Å². The number of halogens is 3. The summed E-state index contributed by atoms with van der Waals surface area (Å²) >= 11 is 3.42. The van der Waals surface area contributed by atoms with Crippen molar-refractivity contribution in [1.29, 1.82) is 0 Å². The molecule has 0 fully saturated rings. The quantitative estimate of drug-likeness (QED) is 0.857. The molecule has 0 saturated carbocycles. The van der Waals surface area contributed by atoms with Gasteiger partial charge in [-0.05, 0) is 37.2 Å². The molecule has 1 aromatic carbocycles. The van der Waals surface area contributed by atoms with Gasteiger partial charge in [0, 0.05) is 23.2 Å². The van der Waals surface area contributed by atoms with Crippen molar-refractivity contribution in [2.75, 3.05) is 25.0 Å². The van der Waals surface area contributed by atoms with Gasteiger partial charge in [0.15, 0.2) is 0 Å². The van der Waals surface area contributed by atoms with Crippen LogP contribution in [0.5, 0.6) is 0 Å². The van der Waals surface area contributed by atoms with Crippen molar-refractivity contribution in [2.24, 2.45) is 0 Å². The molecule has 0 heterocycles. The van der Waals surface area contributed by atoms with Crippen molar-refractivity contribution in [3.63, 3.8) is 0 Å². The molecule has 0 spiro atoms. The second-order valence-electron chi connectivity index (χ2n) is 4.25. The summed E-state index contributed by atoms with van der Waals surface area (Å²) in [6, 6.07) is 5.85. The molecule has 1 unspecified atom stereocenters. The number of anilines is 1. The third kappa shape index (κ3) is 4.21. The highest BCUT2D eigenvalue weighted by atomic mass is 79.9. The van der Waals surface area contributed by atoms with Crippen molar-refractivity contribution < 1.29 is 8.78 Å². The number of hydrogen-bond acceptors (Lipinski definition) is 2. The Balaban J connectivity index is 3.02. The molecule has 2 nitrogen and oxygen atoms in total. The Morgan fingerprint density at radius 2 is 2.06 bits per heavy atom. The van der Waals surface area contributed by atoms with Gasteiger partial charge in [0.1, 0.15) is 0 Å². The molecule has 1 N–H and O–H groups in total. The van der Waals surface area contributed by atoms with Gasteiger partial charge in [-0.15, -0.1) is 0 Å². The van der Waals surface area contributed by atoms with Crippen molar-refractivity contribution in [3.05, 3.63) is 28.2 Å². The molecule has 1 rings (SSSR count). The molecular formula is C13H19BrF2N2. The van der Waals surface area contributed by atoms with E-state index in [1.54, 1.807) is 11.9 Å². The monoisotopic (exact) mass is 320 g/mol. The lowest BCUT2D eigenvalue weighted by Crippen LogP contribution is -2.27. The van der Waals surface area contributed by atoms with Crippen LogP contribution in [0.15, 0.2) is 22.7 Å². The topological polar surface area (TPSA) is 15.3 Å². The second kappa shape index (κ2) is 7.04. The number of hydrogen-bond donors (Lipinski definition) is 1. The first-order chi connectivity index (χ1) is 8.45. The van der Waals surface area contributed by atoms with Crippen LogP contribution in [0.3, 0.4) is 0 Å². The van der Waals surface area contributed by atoms with Crippen LogP contribution in [-0.4, -0.2) is 26.6 Å². The van der Waals surface area contributed by atoms with Gasteiger partial charge in [-0.2, -0.15) is 0 Å². The number of benzene rings is 1. The maximum absolute atomic E-state index is 12.5. The lowest BCUT2D eigenvalue weighted by Gasteiger charge is -2.25. The minimum atomic E-state index is -2.33. The van der Waals surface area contributed by atoms with Crippen molar-refractivity contribution >= 4 is 21.6 Å². The fourth-order valence-electron chi connectivity index (χ4n) is 1.94. The normalized spacial score (nSPS) is 12.8. The maximum Gasteiger partial charge on any atom is 0.255 e. The second-order valence-corrected chi connectivity index (χ2v) is 5.17. The van der Waals surface area contributed by atoms with Crippen LogP contribution in [0.1, 0.15) is 25.5 Å². The van der Waals surface area contributed by atoms with E-state index in [1.165, 1.54) is 0 Å². The molecule has 0 aliphatic rings. The van der Waals surface area contributed by atoms with Gasteiger partial charge < -0.3 is 10.2 Å². The Hall–Kier alpha value is -0.680. The lowest BCUT2D eigenvalue weighted by atomic mass is 10.1. The van der Waals surface area contributed by atoms with Crippen LogP contribution >= 0.6 is 15.9 Å². The van der Waals surface area contributed by atoms with E-state index < -0.39 is 6.43 Å². The summed E-state index contributed by atoms with van der Waals surface area (Å²) in [6.45, 7) is 4.64. The van der Waals surface area contributed by atoms with Gasteiger partial charge >= 0.3 is 0 Å². The Bertz CT molecular complexity index is 385. The fraction of sp³-hybridized carbons (Fsp3) is 0.538. The summed E-state index contributed by atoms with van der Waals surface area (Å²) in [5.74, 6) is 0. The van der Waals surface area contributed by atoms with Crippen LogP contribution in [0.2, 0.25) is 0 Å². The largest absolute Gasteiger partial charge is 0.369 e. The average Bonchev–Trinajstić information content (AvgIpc) is 2.28. The first kappa shape index (κ1) is 15.4. The number of nitrogens with one attached hydrogen (secondary N) is 1. The summed E-state index contributed by atoms with van der Waals surface area (Å²) in [5, 5.41) is 3.30. The summed E-state index contributed by atoms with van der Waals surface area (Å²) in [6.07, 6.45) is -2.33. The molecule has 102 valence electrons. The van der Waals surface area contributed by atoms with Gasteiger partial charge in [0.25, 0.3) is 6.43 Å². The van der Waals surface area contributed by atoms with Crippen LogP contribution in [0, 0.1) is 0 Å². The Morgan fingerprint density at radius 3 is 2.61 bits per heavy atom. The first-order valence-corrected chi connectivity index (χ1v) is 6.77. The van der Waals surface area contributed by atoms with Crippen LogP contribution in [-0.2, 0) is 0 Å². The summed E-state index contributed by atoms with van der Waals surface area (Å²) in [4.78, 5) is 1.60. The minimum absolute atomic E-state index is 0.127. The van der Waals surface area contributed by atoms with Crippen molar-refractivity contribution in [1.82, 2.24) is 5.32 Å². The molecule has 1 aromatic rings. The fourth-order valence-corrected chi connectivity index (χ4v) is 2.32. The highest BCUT2D eigenvalue weighted by molar-refractivity contribution is 9.10.